The monoisotopic (exact) mass is 413 g/mol. The average Bonchev–Trinajstić information content (AvgIpc) is 2.76. The summed E-state index contributed by atoms with van der Waals surface area (Å²) in [5.74, 6) is 0.155. The van der Waals surface area contributed by atoms with E-state index in [-0.39, 0.29) is 23.9 Å². The van der Waals surface area contributed by atoms with Crippen LogP contribution in [0, 0.1) is 0 Å². The molecule has 1 heterocycles. The minimum atomic E-state index is -0.674. The fourth-order valence-electron chi connectivity index (χ4n) is 2.69. The van der Waals surface area contributed by atoms with Crippen LogP contribution in [-0.2, 0) is 9.53 Å². The number of benzene rings is 2. The lowest BCUT2D eigenvalue weighted by molar-refractivity contribution is -0.142. The van der Waals surface area contributed by atoms with Gasteiger partial charge in [-0.2, -0.15) is 5.10 Å². The first kappa shape index (κ1) is 20.6. The summed E-state index contributed by atoms with van der Waals surface area (Å²) in [7, 11) is 4.08. The van der Waals surface area contributed by atoms with Gasteiger partial charge in [0.2, 0.25) is 5.75 Å². The molecule has 0 fully saturated rings. The Hall–Kier alpha value is -4.08. The summed E-state index contributed by atoms with van der Waals surface area (Å²) in [5.41, 5.74) is -0.336. The van der Waals surface area contributed by atoms with Gasteiger partial charge in [0.1, 0.15) is 0 Å². The summed E-state index contributed by atoms with van der Waals surface area (Å²) in [4.78, 5) is 38.8. The van der Waals surface area contributed by atoms with Gasteiger partial charge in [0.25, 0.3) is 5.56 Å². The van der Waals surface area contributed by atoms with E-state index in [0.717, 1.165) is 4.68 Å². The lowest BCUT2D eigenvalue weighted by atomic mass is 10.2. The van der Waals surface area contributed by atoms with Crippen LogP contribution in [0.3, 0.4) is 0 Å². The Kier molecular flexibility index (Phi) is 6.16. The fourth-order valence-corrected chi connectivity index (χ4v) is 2.69. The molecule has 0 radical (unpaired) electrons. The molecule has 1 aromatic heterocycles. The van der Waals surface area contributed by atoms with Crippen molar-refractivity contribution in [3.8, 4) is 17.2 Å². The summed E-state index contributed by atoms with van der Waals surface area (Å²) >= 11 is 0. The second-order valence-corrected chi connectivity index (χ2v) is 5.96. The van der Waals surface area contributed by atoms with Gasteiger partial charge in [0.05, 0.1) is 38.4 Å². The van der Waals surface area contributed by atoms with Crippen molar-refractivity contribution in [2.24, 2.45) is 5.10 Å². The number of ether oxygens (including phenoxy) is 4. The van der Waals surface area contributed by atoms with Gasteiger partial charge in [-0.1, -0.05) is 12.1 Å². The van der Waals surface area contributed by atoms with Crippen molar-refractivity contribution in [1.82, 2.24) is 9.66 Å². The molecule has 3 aromatic rings. The normalized spacial score (nSPS) is 10.9. The van der Waals surface area contributed by atoms with E-state index in [0.29, 0.717) is 16.5 Å². The molecule has 0 saturated heterocycles. The number of aromatic nitrogens is 2. The molecule has 0 saturated carbocycles. The molecular weight excluding hydrogens is 394 g/mol. The maximum atomic E-state index is 12.6. The van der Waals surface area contributed by atoms with Crippen LogP contribution in [0.2, 0.25) is 0 Å². The maximum absolute atomic E-state index is 12.6. The summed E-state index contributed by atoms with van der Waals surface area (Å²) in [6.45, 7) is -0.335. The third-order valence-electron chi connectivity index (χ3n) is 4.15. The topological polar surface area (TPSA) is 121 Å². The van der Waals surface area contributed by atoms with E-state index in [1.165, 1.54) is 27.5 Å². The lowest BCUT2D eigenvalue weighted by Gasteiger charge is -2.14. The average molecular weight is 413 g/mol. The summed E-state index contributed by atoms with van der Waals surface area (Å²) in [5, 5.41) is 4.33. The SMILES string of the molecule is COC(=O)COc1c(OC)cc(C=Nn2c(=O)[nH]c3ccccc3c2=O)cc1OC. The number of methoxy groups -OCH3 is 3. The van der Waals surface area contributed by atoms with Gasteiger partial charge < -0.3 is 23.9 Å². The minimum absolute atomic E-state index is 0.197. The van der Waals surface area contributed by atoms with Crippen molar-refractivity contribution in [3.05, 3.63) is 62.8 Å². The van der Waals surface area contributed by atoms with Crippen molar-refractivity contribution < 1.29 is 23.7 Å². The second kappa shape index (κ2) is 8.95. The summed E-state index contributed by atoms with van der Waals surface area (Å²) in [6.07, 6.45) is 1.31. The zero-order valence-corrected chi connectivity index (χ0v) is 16.5. The zero-order chi connectivity index (χ0) is 21.7. The van der Waals surface area contributed by atoms with Crippen molar-refractivity contribution in [2.45, 2.75) is 0 Å². The Bertz CT molecular complexity index is 1200. The molecule has 0 unspecified atom stereocenters. The Morgan fingerprint density at radius 1 is 1.10 bits per heavy atom. The summed E-state index contributed by atoms with van der Waals surface area (Å²) < 4.78 is 21.3. The number of nitrogens with one attached hydrogen (secondary N) is 1. The first-order valence-corrected chi connectivity index (χ1v) is 8.72. The molecular formula is C20H19N3O7. The predicted molar refractivity (Wildman–Crippen MR) is 109 cm³/mol. The Balaban J connectivity index is 2.00. The van der Waals surface area contributed by atoms with Gasteiger partial charge in [-0.25, -0.2) is 9.59 Å². The van der Waals surface area contributed by atoms with E-state index >= 15 is 0 Å². The van der Waals surface area contributed by atoms with E-state index in [9.17, 15) is 14.4 Å². The predicted octanol–water partition coefficient (Wildman–Crippen LogP) is 1.14. The number of carbonyl (C=O) groups is 1. The Morgan fingerprint density at radius 3 is 2.40 bits per heavy atom. The van der Waals surface area contributed by atoms with Gasteiger partial charge in [0.15, 0.2) is 18.1 Å². The molecule has 30 heavy (non-hydrogen) atoms. The van der Waals surface area contributed by atoms with Crippen LogP contribution >= 0.6 is 0 Å². The van der Waals surface area contributed by atoms with Crippen LogP contribution < -0.4 is 25.5 Å². The van der Waals surface area contributed by atoms with Gasteiger partial charge in [-0.05, 0) is 24.3 Å². The number of aromatic amines is 1. The fraction of sp³-hybridized carbons (Fsp3) is 0.200. The van der Waals surface area contributed by atoms with E-state index in [1.807, 2.05) is 0 Å². The number of nitrogens with zero attached hydrogens (tertiary/aromatic N) is 2. The molecule has 0 aliphatic rings. The highest BCUT2D eigenvalue weighted by atomic mass is 16.6. The molecule has 0 spiro atoms. The van der Waals surface area contributed by atoms with Gasteiger partial charge in [-0.15, -0.1) is 4.68 Å². The Labute approximate surface area is 170 Å². The lowest BCUT2D eigenvalue weighted by Crippen LogP contribution is -2.32. The van der Waals surface area contributed by atoms with Crippen LogP contribution in [0.15, 0.2) is 51.1 Å². The van der Waals surface area contributed by atoms with E-state index in [2.05, 4.69) is 14.8 Å². The van der Waals surface area contributed by atoms with Crippen LogP contribution in [0.25, 0.3) is 10.9 Å². The van der Waals surface area contributed by atoms with Gasteiger partial charge >= 0.3 is 11.7 Å². The standard InChI is InChI=1S/C20H19N3O7/c1-27-15-8-12(9-16(28-2)18(15)30-11-17(24)29-3)10-21-23-19(25)13-6-4-5-7-14(13)22-20(23)26/h4-10H,11H2,1-3H3,(H,22,26). The highest BCUT2D eigenvalue weighted by molar-refractivity contribution is 5.83. The summed E-state index contributed by atoms with van der Waals surface area (Å²) in [6, 6.07) is 9.75. The van der Waals surface area contributed by atoms with E-state index in [1.54, 1.807) is 36.4 Å². The van der Waals surface area contributed by atoms with Crippen LogP contribution in [-0.4, -0.2) is 49.8 Å². The first-order chi connectivity index (χ1) is 14.5. The molecule has 0 aliphatic heterocycles. The number of rotatable bonds is 7. The first-order valence-electron chi connectivity index (χ1n) is 8.72. The minimum Gasteiger partial charge on any atom is -0.493 e. The number of para-hydroxylation sites is 1. The second-order valence-electron chi connectivity index (χ2n) is 5.96. The van der Waals surface area contributed by atoms with Crippen molar-refractivity contribution in [1.29, 1.82) is 0 Å². The number of hydrogen-bond acceptors (Lipinski definition) is 8. The van der Waals surface area contributed by atoms with Crippen LogP contribution in [0.1, 0.15) is 5.56 Å². The molecule has 3 rings (SSSR count). The Morgan fingerprint density at radius 2 is 1.77 bits per heavy atom. The third-order valence-corrected chi connectivity index (χ3v) is 4.15. The quantitative estimate of drug-likeness (QED) is 0.455. The number of hydrogen-bond donors (Lipinski definition) is 1. The van der Waals surface area contributed by atoms with Crippen molar-refractivity contribution in [3.63, 3.8) is 0 Å². The number of carbonyl (C=O) groups excluding carboxylic acids is 1. The smallest absolute Gasteiger partial charge is 0.349 e. The largest absolute Gasteiger partial charge is 0.493 e. The van der Waals surface area contributed by atoms with Crippen LogP contribution in [0.4, 0.5) is 0 Å². The number of H-pyrrole nitrogens is 1. The molecule has 0 amide bonds. The van der Waals surface area contributed by atoms with Gasteiger partial charge in [0, 0.05) is 5.56 Å². The molecule has 1 N–H and O–H groups in total. The highest BCUT2D eigenvalue weighted by Crippen LogP contribution is 2.38. The van der Waals surface area contributed by atoms with Gasteiger partial charge in [-0.3, -0.25) is 4.79 Å². The van der Waals surface area contributed by atoms with E-state index in [4.69, 9.17) is 14.2 Å². The zero-order valence-electron chi connectivity index (χ0n) is 16.5. The molecule has 10 heteroatoms. The molecule has 0 bridgehead atoms. The van der Waals surface area contributed by atoms with Crippen molar-refractivity contribution in [2.75, 3.05) is 27.9 Å². The molecule has 0 atom stereocenters. The van der Waals surface area contributed by atoms with E-state index < -0.39 is 17.2 Å². The maximum Gasteiger partial charge on any atom is 0.349 e. The van der Waals surface area contributed by atoms with Crippen molar-refractivity contribution >= 4 is 23.1 Å². The third kappa shape index (κ3) is 4.17. The number of fused-ring (bicyclic) bond motifs is 1. The number of esters is 1. The molecule has 2 aromatic carbocycles. The molecule has 0 aliphatic carbocycles. The molecule has 10 nitrogen and oxygen atoms in total. The van der Waals surface area contributed by atoms with Crippen LogP contribution in [0.5, 0.6) is 17.2 Å². The highest BCUT2D eigenvalue weighted by Gasteiger charge is 2.16. The molecule has 156 valence electrons.